The summed E-state index contributed by atoms with van der Waals surface area (Å²) in [5.41, 5.74) is 0. The highest BCUT2D eigenvalue weighted by Crippen LogP contribution is 2.30. The Kier molecular flexibility index (Phi) is 5.33. The first-order valence-corrected chi connectivity index (χ1v) is 8.82. The maximum Gasteiger partial charge on any atom is 0.222 e. The maximum absolute atomic E-state index is 12.4. The molecule has 0 spiro atoms. The van der Waals surface area contributed by atoms with Crippen LogP contribution in [0.2, 0.25) is 0 Å². The molecule has 1 amide bonds. The highest BCUT2D eigenvalue weighted by Gasteiger charge is 2.41. The molecule has 0 unspecified atom stereocenters. The van der Waals surface area contributed by atoms with E-state index >= 15 is 0 Å². The summed E-state index contributed by atoms with van der Waals surface area (Å²) in [5, 5.41) is 14.8. The van der Waals surface area contributed by atoms with Gasteiger partial charge in [-0.1, -0.05) is 0 Å². The third-order valence-electron chi connectivity index (χ3n) is 5.38. The van der Waals surface area contributed by atoms with Gasteiger partial charge in [-0.05, 0) is 51.3 Å². The largest absolute Gasteiger partial charge is 0.389 e. The SMILES string of the molecule is CN(C(=O)CCCn1cccn1)[C@@H]1CC[C@@H](N2CCCC2)[C@@H]1O. The molecule has 2 fully saturated rings. The molecule has 0 radical (unpaired) electrons. The first-order valence-electron chi connectivity index (χ1n) is 8.82. The Balaban J connectivity index is 1.47. The van der Waals surface area contributed by atoms with E-state index in [2.05, 4.69) is 10.00 Å². The Hall–Kier alpha value is -1.40. The highest BCUT2D eigenvalue weighted by atomic mass is 16.3. The summed E-state index contributed by atoms with van der Waals surface area (Å²) < 4.78 is 1.85. The lowest BCUT2D eigenvalue weighted by molar-refractivity contribution is -0.134. The fourth-order valence-electron chi connectivity index (χ4n) is 4.02. The van der Waals surface area contributed by atoms with Crippen LogP contribution in [0.5, 0.6) is 0 Å². The summed E-state index contributed by atoms with van der Waals surface area (Å²) in [6.07, 6.45) is 8.91. The van der Waals surface area contributed by atoms with Crippen LogP contribution in [0, 0.1) is 0 Å². The van der Waals surface area contributed by atoms with E-state index in [1.54, 1.807) is 11.1 Å². The van der Waals surface area contributed by atoms with Gasteiger partial charge < -0.3 is 10.0 Å². The molecule has 1 aromatic rings. The minimum absolute atomic E-state index is 0.0298. The topological polar surface area (TPSA) is 61.6 Å². The summed E-state index contributed by atoms with van der Waals surface area (Å²) in [6.45, 7) is 2.95. The quantitative estimate of drug-likeness (QED) is 0.853. The molecule has 1 N–H and O–H groups in total. The smallest absolute Gasteiger partial charge is 0.222 e. The molecule has 1 aliphatic carbocycles. The molecule has 6 heteroatoms. The number of likely N-dealkylation sites (N-methyl/N-ethyl adjacent to an activating group) is 1. The van der Waals surface area contributed by atoms with Crippen molar-refractivity contribution < 1.29 is 9.90 Å². The van der Waals surface area contributed by atoms with E-state index in [1.165, 1.54) is 12.8 Å². The van der Waals surface area contributed by atoms with Gasteiger partial charge >= 0.3 is 0 Å². The molecule has 1 aromatic heterocycles. The van der Waals surface area contributed by atoms with Crippen LogP contribution in [0.25, 0.3) is 0 Å². The lowest BCUT2D eigenvalue weighted by atomic mass is 10.1. The minimum Gasteiger partial charge on any atom is -0.389 e. The fraction of sp³-hybridized carbons (Fsp3) is 0.765. The lowest BCUT2D eigenvalue weighted by Gasteiger charge is -2.32. The molecule has 23 heavy (non-hydrogen) atoms. The van der Waals surface area contributed by atoms with Gasteiger partial charge in [0, 0.05) is 38.4 Å². The third kappa shape index (κ3) is 3.75. The molecular weight excluding hydrogens is 292 g/mol. The van der Waals surface area contributed by atoms with E-state index in [0.29, 0.717) is 6.42 Å². The lowest BCUT2D eigenvalue weighted by Crippen LogP contribution is -2.48. The van der Waals surface area contributed by atoms with Crippen molar-refractivity contribution in [2.45, 2.75) is 63.3 Å². The van der Waals surface area contributed by atoms with Gasteiger partial charge in [0.15, 0.2) is 0 Å². The minimum atomic E-state index is -0.409. The van der Waals surface area contributed by atoms with Gasteiger partial charge in [-0.25, -0.2) is 0 Å². The van der Waals surface area contributed by atoms with Crippen LogP contribution >= 0.6 is 0 Å². The van der Waals surface area contributed by atoms with Gasteiger partial charge in [0.1, 0.15) is 0 Å². The fourth-order valence-corrected chi connectivity index (χ4v) is 4.02. The number of nitrogens with zero attached hydrogens (tertiary/aromatic N) is 4. The molecule has 0 bridgehead atoms. The number of carbonyl (C=O) groups is 1. The van der Waals surface area contributed by atoms with Crippen molar-refractivity contribution >= 4 is 5.91 Å². The van der Waals surface area contributed by atoms with Crippen molar-refractivity contribution in [3.63, 3.8) is 0 Å². The summed E-state index contributed by atoms with van der Waals surface area (Å²) in [6, 6.07) is 2.10. The van der Waals surface area contributed by atoms with Gasteiger partial charge in [0.05, 0.1) is 12.1 Å². The van der Waals surface area contributed by atoms with E-state index in [9.17, 15) is 9.90 Å². The van der Waals surface area contributed by atoms with Crippen LogP contribution in [0.3, 0.4) is 0 Å². The van der Waals surface area contributed by atoms with Crippen molar-refractivity contribution in [1.82, 2.24) is 19.6 Å². The Morgan fingerprint density at radius 1 is 1.35 bits per heavy atom. The van der Waals surface area contributed by atoms with E-state index in [4.69, 9.17) is 0 Å². The zero-order valence-corrected chi connectivity index (χ0v) is 14.0. The number of hydrogen-bond donors (Lipinski definition) is 1. The number of carbonyl (C=O) groups excluding carboxylic acids is 1. The normalized spacial score (nSPS) is 28.3. The number of amides is 1. The number of aromatic nitrogens is 2. The second-order valence-corrected chi connectivity index (χ2v) is 6.82. The molecule has 3 atom stereocenters. The Morgan fingerprint density at radius 2 is 2.13 bits per heavy atom. The summed E-state index contributed by atoms with van der Waals surface area (Å²) >= 11 is 0. The second-order valence-electron chi connectivity index (χ2n) is 6.82. The molecule has 6 nitrogen and oxygen atoms in total. The Bertz CT molecular complexity index is 499. The van der Waals surface area contributed by atoms with Crippen LogP contribution in [-0.2, 0) is 11.3 Å². The van der Waals surface area contributed by atoms with Crippen LogP contribution < -0.4 is 0 Å². The van der Waals surface area contributed by atoms with E-state index < -0.39 is 6.10 Å². The van der Waals surface area contributed by atoms with Crippen molar-refractivity contribution in [2.24, 2.45) is 0 Å². The molecular formula is C17H28N4O2. The Labute approximate surface area is 138 Å². The molecule has 2 aliphatic rings. The van der Waals surface area contributed by atoms with Crippen molar-refractivity contribution in [3.05, 3.63) is 18.5 Å². The standard InChI is InChI=1S/C17H28N4O2/c1-19(16(22)6-4-12-21-13-5-9-18-21)14-7-8-15(17(14)23)20-10-2-3-11-20/h5,9,13-15,17,23H,2-4,6-8,10-12H2,1H3/t14-,15-,17-/m1/s1. The Morgan fingerprint density at radius 3 is 2.83 bits per heavy atom. The zero-order chi connectivity index (χ0) is 16.2. The second kappa shape index (κ2) is 7.45. The first-order chi connectivity index (χ1) is 11.2. The van der Waals surface area contributed by atoms with Crippen LogP contribution in [0.15, 0.2) is 18.5 Å². The number of aryl methyl sites for hydroxylation is 1. The number of likely N-dealkylation sites (tertiary alicyclic amines) is 1. The van der Waals surface area contributed by atoms with E-state index in [-0.39, 0.29) is 18.0 Å². The zero-order valence-electron chi connectivity index (χ0n) is 14.0. The summed E-state index contributed by atoms with van der Waals surface area (Å²) in [4.78, 5) is 16.6. The molecule has 0 aromatic carbocycles. The molecule has 1 saturated heterocycles. The number of rotatable bonds is 6. The average molecular weight is 320 g/mol. The predicted octanol–water partition coefficient (Wildman–Crippen LogP) is 1.11. The maximum atomic E-state index is 12.4. The van der Waals surface area contributed by atoms with Gasteiger partial charge in [0.2, 0.25) is 5.91 Å². The van der Waals surface area contributed by atoms with Crippen LogP contribution in [-0.4, -0.2) is 68.9 Å². The highest BCUT2D eigenvalue weighted by molar-refractivity contribution is 5.76. The van der Waals surface area contributed by atoms with Crippen molar-refractivity contribution in [1.29, 1.82) is 0 Å². The van der Waals surface area contributed by atoms with Gasteiger partial charge in [-0.2, -0.15) is 5.10 Å². The number of hydrogen-bond acceptors (Lipinski definition) is 4. The van der Waals surface area contributed by atoms with Gasteiger partial charge in [0.25, 0.3) is 0 Å². The first kappa shape index (κ1) is 16.5. The predicted molar refractivity (Wildman–Crippen MR) is 87.9 cm³/mol. The third-order valence-corrected chi connectivity index (χ3v) is 5.38. The van der Waals surface area contributed by atoms with Crippen molar-refractivity contribution in [2.75, 3.05) is 20.1 Å². The summed E-state index contributed by atoms with van der Waals surface area (Å²) in [7, 11) is 1.84. The number of aliphatic hydroxyl groups is 1. The van der Waals surface area contributed by atoms with Crippen LogP contribution in [0.4, 0.5) is 0 Å². The molecule has 128 valence electrons. The van der Waals surface area contributed by atoms with E-state index in [0.717, 1.165) is 38.9 Å². The average Bonchev–Trinajstić information content (AvgIpc) is 3.27. The summed E-state index contributed by atoms with van der Waals surface area (Å²) in [5.74, 6) is 0.128. The molecule has 2 heterocycles. The number of aliphatic hydroxyl groups excluding tert-OH is 1. The van der Waals surface area contributed by atoms with Crippen molar-refractivity contribution in [3.8, 4) is 0 Å². The monoisotopic (exact) mass is 320 g/mol. The van der Waals surface area contributed by atoms with E-state index in [1.807, 2.05) is 24.0 Å². The van der Waals surface area contributed by atoms with Gasteiger partial charge in [-0.3, -0.25) is 14.4 Å². The molecule has 1 aliphatic heterocycles. The van der Waals surface area contributed by atoms with Crippen LogP contribution in [0.1, 0.15) is 38.5 Å². The molecule has 1 saturated carbocycles. The molecule has 3 rings (SSSR count). The van der Waals surface area contributed by atoms with Gasteiger partial charge in [-0.15, -0.1) is 0 Å².